The molecule has 0 unspecified atom stereocenters. The summed E-state index contributed by atoms with van der Waals surface area (Å²) in [5.41, 5.74) is 0.0132. The summed E-state index contributed by atoms with van der Waals surface area (Å²) in [6.07, 6.45) is -3.60. The monoisotopic (exact) mass is 281 g/mol. The number of alkyl halides is 3. The maximum absolute atomic E-state index is 12.1. The summed E-state index contributed by atoms with van der Waals surface area (Å²) in [5.74, 6) is -0.409. The van der Waals surface area contributed by atoms with E-state index in [1.54, 1.807) is 0 Å². The van der Waals surface area contributed by atoms with Gasteiger partial charge in [-0.1, -0.05) is 35.3 Å². The highest BCUT2D eigenvalue weighted by Crippen LogP contribution is 2.35. The number of halogens is 5. The number of pyridine rings is 1. The molecule has 0 radical (unpaired) electrons. The van der Waals surface area contributed by atoms with Gasteiger partial charge in [0.25, 0.3) is 0 Å². The van der Waals surface area contributed by atoms with Crippen LogP contribution in [0.5, 0.6) is 5.75 Å². The van der Waals surface area contributed by atoms with E-state index in [0.29, 0.717) is 5.39 Å². The normalized spacial score (nSPS) is 11.8. The Labute approximate surface area is 104 Å². The molecule has 0 aliphatic heterocycles. The zero-order valence-electron chi connectivity index (χ0n) is 8.05. The molecule has 0 saturated heterocycles. The Balaban J connectivity index is 2.63. The van der Waals surface area contributed by atoms with Gasteiger partial charge in [-0.05, 0) is 6.07 Å². The first kappa shape index (κ1) is 12.3. The van der Waals surface area contributed by atoms with Gasteiger partial charge in [0.1, 0.15) is 5.52 Å². The minimum Gasteiger partial charge on any atom is -0.403 e. The smallest absolute Gasteiger partial charge is 0.403 e. The highest BCUT2D eigenvalue weighted by Gasteiger charge is 2.32. The van der Waals surface area contributed by atoms with Gasteiger partial charge in [0.05, 0.1) is 10.0 Å². The second kappa shape index (κ2) is 4.23. The molecule has 0 saturated carbocycles. The Kier molecular flexibility index (Phi) is 3.05. The second-order valence-electron chi connectivity index (χ2n) is 3.12. The lowest BCUT2D eigenvalue weighted by Gasteiger charge is -2.11. The summed E-state index contributed by atoms with van der Waals surface area (Å²) in [5, 5.41) is 0.619. The van der Waals surface area contributed by atoms with Crippen molar-refractivity contribution in [2.75, 3.05) is 0 Å². The first-order valence-electron chi connectivity index (χ1n) is 4.37. The van der Waals surface area contributed by atoms with Crippen molar-refractivity contribution in [1.29, 1.82) is 0 Å². The number of fused-ring (bicyclic) bond motifs is 1. The summed E-state index contributed by atoms with van der Waals surface area (Å²) in [6.45, 7) is 0. The van der Waals surface area contributed by atoms with E-state index in [0.717, 1.165) is 6.07 Å². The Morgan fingerprint density at radius 1 is 1.18 bits per heavy atom. The van der Waals surface area contributed by atoms with Crippen LogP contribution in [0.4, 0.5) is 13.2 Å². The molecule has 2 rings (SSSR count). The van der Waals surface area contributed by atoms with Crippen molar-refractivity contribution >= 4 is 34.1 Å². The van der Waals surface area contributed by atoms with Crippen LogP contribution >= 0.6 is 23.2 Å². The first-order chi connectivity index (χ1) is 7.88. The fraction of sp³-hybridized carbons (Fsp3) is 0.100. The summed E-state index contributed by atoms with van der Waals surface area (Å²) in [6, 6.07) is 4.06. The summed E-state index contributed by atoms with van der Waals surface area (Å²) in [4.78, 5) is 3.78. The molecule has 0 N–H and O–H groups in total. The average molecular weight is 282 g/mol. The van der Waals surface area contributed by atoms with Crippen molar-refractivity contribution in [3.63, 3.8) is 0 Å². The van der Waals surface area contributed by atoms with Crippen LogP contribution in [0.2, 0.25) is 10.0 Å². The highest BCUT2D eigenvalue weighted by atomic mass is 35.5. The number of para-hydroxylation sites is 1. The zero-order chi connectivity index (χ0) is 12.6. The van der Waals surface area contributed by atoms with E-state index in [2.05, 4.69) is 9.72 Å². The third kappa shape index (κ3) is 2.56. The minimum absolute atomic E-state index is 0.0132. The van der Waals surface area contributed by atoms with E-state index in [-0.39, 0.29) is 15.6 Å². The lowest BCUT2D eigenvalue weighted by Crippen LogP contribution is -2.17. The number of hydrogen-bond donors (Lipinski definition) is 0. The molecule has 2 aromatic rings. The van der Waals surface area contributed by atoms with E-state index >= 15 is 0 Å². The van der Waals surface area contributed by atoms with Crippen LogP contribution < -0.4 is 4.74 Å². The van der Waals surface area contributed by atoms with E-state index in [9.17, 15) is 13.2 Å². The number of benzene rings is 1. The average Bonchev–Trinajstić information content (AvgIpc) is 2.22. The Bertz CT molecular complexity index is 571. The van der Waals surface area contributed by atoms with Crippen LogP contribution in [0.3, 0.4) is 0 Å². The summed E-state index contributed by atoms with van der Waals surface area (Å²) >= 11 is 11.6. The van der Waals surface area contributed by atoms with Gasteiger partial charge in [-0.15, -0.1) is 13.2 Å². The fourth-order valence-electron chi connectivity index (χ4n) is 1.35. The van der Waals surface area contributed by atoms with E-state index in [1.807, 2.05) is 0 Å². The molecule has 0 aliphatic carbocycles. The van der Waals surface area contributed by atoms with E-state index in [1.165, 1.54) is 18.3 Å². The summed E-state index contributed by atoms with van der Waals surface area (Å²) in [7, 11) is 0. The van der Waals surface area contributed by atoms with E-state index < -0.39 is 12.1 Å². The molecular formula is C10H4Cl2F3NO. The van der Waals surface area contributed by atoms with Crippen molar-refractivity contribution in [3.05, 3.63) is 34.4 Å². The van der Waals surface area contributed by atoms with Crippen molar-refractivity contribution in [2.45, 2.75) is 6.36 Å². The predicted molar refractivity (Wildman–Crippen MR) is 58.4 cm³/mol. The van der Waals surface area contributed by atoms with Crippen LogP contribution in [0.25, 0.3) is 10.9 Å². The van der Waals surface area contributed by atoms with Gasteiger partial charge < -0.3 is 4.74 Å². The van der Waals surface area contributed by atoms with Gasteiger partial charge in [0.2, 0.25) is 0 Å². The Morgan fingerprint density at radius 2 is 1.88 bits per heavy atom. The van der Waals surface area contributed by atoms with Crippen molar-refractivity contribution in [3.8, 4) is 5.75 Å². The fourth-order valence-corrected chi connectivity index (χ4v) is 1.70. The third-order valence-electron chi connectivity index (χ3n) is 1.98. The largest absolute Gasteiger partial charge is 0.573 e. The predicted octanol–water partition coefficient (Wildman–Crippen LogP) is 4.44. The number of ether oxygens (including phenoxy) is 1. The lowest BCUT2D eigenvalue weighted by atomic mass is 10.2. The maximum atomic E-state index is 12.1. The standard InChI is InChI=1S/C10H4Cl2F3NO/c11-6-4-16-9-5(8(6)12)2-1-3-7(9)17-10(13,14)15/h1-4H. The Morgan fingerprint density at radius 3 is 2.53 bits per heavy atom. The van der Waals surface area contributed by atoms with Crippen molar-refractivity contribution < 1.29 is 17.9 Å². The summed E-state index contributed by atoms with van der Waals surface area (Å²) < 4.78 is 40.3. The SMILES string of the molecule is FC(F)(F)Oc1cccc2c(Cl)c(Cl)cnc12. The molecule has 1 aromatic carbocycles. The molecule has 7 heteroatoms. The van der Waals surface area contributed by atoms with Crippen molar-refractivity contribution in [1.82, 2.24) is 4.98 Å². The maximum Gasteiger partial charge on any atom is 0.573 e. The zero-order valence-corrected chi connectivity index (χ0v) is 9.57. The molecule has 1 heterocycles. The molecule has 0 bridgehead atoms. The van der Waals surface area contributed by atoms with Crippen molar-refractivity contribution in [2.24, 2.45) is 0 Å². The molecule has 17 heavy (non-hydrogen) atoms. The van der Waals surface area contributed by atoms with Gasteiger partial charge in [0.15, 0.2) is 5.75 Å². The quantitative estimate of drug-likeness (QED) is 0.771. The molecule has 90 valence electrons. The van der Waals surface area contributed by atoms with E-state index in [4.69, 9.17) is 23.2 Å². The topological polar surface area (TPSA) is 22.1 Å². The molecule has 0 amide bonds. The van der Waals surface area contributed by atoms with Crippen LogP contribution in [0, 0.1) is 0 Å². The highest BCUT2D eigenvalue weighted by molar-refractivity contribution is 6.45. The van der Waals surface area contributed by atoms with Crippen LogP contribution in [0.15, 0.2) is 24.4 Å². The number of hydrogen-bond acceptors (Lipinski definition) is 2. The van der Waals surface area contributed by atoms with Crippen LogP contribution in [-0.4, -0.2) is 11.3 Å². The minimum atomic E-state index is -4.78. The first-order valence-corrected chi connectivity index (χ1v) is 5.12. The van der Waals surface area contributed by atoms with Gasteiger partial charge in [0, 0.05) is 11.6 Å². The molecule has 1 aromatic heterocycles. The van der Waals surface area contributed by atoms with Crippen LogP contribution in [-0.2, 0) is 0 Å². The molecule has 0 aliphatic rings. The van der Waals surface area contributed by atoms with Gasteiger partial charge in [-0.3, -0.25) is 4.98 Å². The second-order valence-corrected chi connectivity index (χ2v) is 3.91. The number of nitrogens with zero attached hydrogens (tertiary/aromatic N) is 1. The lowest BCUT2D eigenvalue weighted by molar-refractivity contribution is -0.274. The molecule has 0 atom stereocenters. The molecular weight excluding hydrogens is 278 g/mol. The molecule has 0 fully saturated rings. The number of rotatable bonds is 1. The van der Waals surface area contributed by atoms with Gasteiger partial charge >= 0.3 is 6.36 Å². The third-order valence-corrected chi connectivity index (χ3v) is 2.77. The van der Waals surface area contributed by atoms with Gasteiger partial charge in [-0.2, -0.15) is 0 Å². The molecule has 2 nitrogen and oxygen atoms in total. The molecule has 0 spiro atoms. The Hall–Kier alpha value is -1.20. The van der Waals surface area contributed by atoms with Crippen LogP contribution in [0.1, 0.15) is 0 Å². The van der Waals surface area contributed by atoms with Gasteiger partial charge in [-0.25, -0.2) is 0 Å². The number of aromatic nitrogens is 1.